The predicted octanol–water partition coefficient (Wildman–Crippen LogP) is 3.68. The summed E-state index contributed by atoms with van der Waals surface area (Å²) >= 11 is 0. The van der Waals surface area contributed by atoms with Crippen LogP contribution in [-0.4, -0.2) is 72.3 Å². The second-order valence-corrected chi connectivity index (χ2v) is 13.1. The monoisotopic (exact) mass is 531 g/mol. The third kappa shape index (κ3) is 5.95. The first-order valence-electron chi connectivity index (χ1n) is 13.3. The lowest BCUT2D eigenvalue weighted by molar-refractivity contribution is -0.137. The first kappa shape index (κ1) is 27.8. The standard InChI is InChI=1S/C28H41N3O5S/c1-6-36-21(3)29-13-15-30(16-14-29)37(34,35)23-9-7-22(8-10-23)17-24-20(2)31(19-27(32)33)26-11-12-28(4,5)18-25(24)26/h7-10,21H,6,11-19H2,1-5H3,(H,32,33)/t21-/m1/s1. The van der Waals surface area contributed by atoms with E-state index in [-0.39, 0.29) is 18.2 Å². The average Bonchev–Trinajstić information content (AvgIpc) is 3.08. The molecular weight excluding hydrogens is 490 g/mol. The largest absolute Gasteiger partial charge is 0.480 e. The van der Waals surface area contributed by atoms with Gasteiger partial charge in [0, 0.05) is 44.2 Å². The van der Waals surface area contributed by atoms with E-state index in [9.17, 15) is 18.3 Å². The Balaban J connectivity index is 1.52. The van der Waals surface area contributed by atoms with Crippen LogP contribution in [0.25, 0.3) is 0 Å². The number of hydrogen-bond acceptors (Lipinski definition) is 5. The van der Waals surface area contributed by atoms with Gasteiger partial charge >= 0.3 is 5.97 Å². The summed E-state index contributed by atoms with van der Waals surface area (Å²) in [6.45, 7) is 13.3. The van der Waals surface area contributed by atoms with Gasteiger partial charge in [-0.25, -0.2) is 8.42 Å². The molecule has 2 aromatic rings. The molecule has 1 fully saturated rings. The Bertz CT molecular complexity index is 1230. The number of aromatic nitrogens is 1. The van der Waals surface area contributed by atoms with Gasteiger partial charge in [-0.05, 0) is 80.7 Å². The van der Waals surface area contributed by atoms with Gasteiger partial charge in [-0.3, -0.25) is 9.69 Å². The molecule has 1 N–H and O–H groups in total. The number of nitrogens with zero attached hydrogens (tertiary/aromatic N) is 3. The number of piperazine rings is 1. The number of carboxylic acid groups (broad SMARTS) is 1. The summed E-state index contributed by atoms with van der Waals surface area (Å²) in [6, 6.07) is 7.21. The van der Waals surface area contributed by atoms with Crippen molar-refractivity contribution in [3.05, 3.63) is 52.3 Å². The van der Waals surface area contributed by atoms with Crippen molar-refractivity contribution in [1.29, 1.82) is 0 Å². The Labute approximate surface area is 221 Å². The van der Waals surface area contributed by atoms with Crippen LogP contribution in [0.5, 0.6) is 0 Å². The molecule has 1 aliphatic carbocycles. The van der Waals surface area contributed by atoms with E-state index < -0.39 is 16.0 Å². The molecule has 2 heterocycles. The SMILES string of the molecule is CCO[C@H](C)N1CCN(S(=O)(=O)c2ccc(Cc3c4c(n(CC(=O)O)c3C)CCC(C)(C)C4)cc2)CC1. The first-order valence-corrected chi connectivity index (χ1v) is 14.7. The van der Waals surface area contributed by atoms with Crippen LogP contribution in [0.3, 0.4) is 0 Å². The van der Waals surface area contributed by atoms with Crippen LogP contribution in [0, 0.1) is 12.3 Å². The van der Waals surface area contributed by atoms with Crippen LogP contribution in [0.15, 0.2) is 29.2 Å². The molecule has 1 aromatic heterocycles. The number of ether oxygens (including phenoxy) is 1. The van der Waals surface area contributed by atoms with E-state index in [0.29, 0.717) is 44.1 Å². The zero-order valence-corrected chi connectivity index (χ0v) is 23.6. The van der Waals surface area contributed by atoms with Gasteiger partial charge in [0.15, 0.2) is 0 Å². The van der Waals surface area contributed by atoms with E-state index in [1.807, 2.05) is 37.5 Å². The molecule has 0 spiro atoms. The summed E-state index contributed by atoms with van der Waals surface area (Å²) in [7, 11) is -3.56. The number of sulfonamides is 1. The Hall–Kier alpha value is -2.20. The highest BCUT2D eigenvalue weighted by atomic mass is 32.2. The van der Waals surface area contributed by atoms with E-state index in [0.717, 1.165) is 36.2 Å². The molecular formula is C28H41N3O5S. The molecule has 1 saturated heterocycles. The second-order valence-electron chi connectivity index (χ2n) is 11.1. The number of fused-ring (bicyclic) bond motifs is 1. The lowest BCUT2D eigenvalue weighted by Crippen LogP contribution is -2.51. The Morgan fingerprint density at radius 1 is 1.14 bits per heavy atom. The fourth-order valence-electron chi connectivity index (χ4n) is 5.81. The van der Waals surface area contributed by atoms with Crippen molar-refractivity contribution in [2.24, 2.45) is 5.41 Å². The number of carbonyl (C=O) groups is 1. The molecule has 8 nitrogen and oxygen atoms in total. The normalized spacial score (nSPS) is 19.5. The molecule has 0 radical (unpaired) electrons. The van der Waals surface area contributed by atoms with E-state index >= 15 is 0 Å². The molecule has 9 heteroatoms. The quantitative estimate of drug-likeness (QED) is 0.531. The van der Waals surface area contributed by atoms with E-state index in [4.69, 9.17) is 4.74 Å². The summed E-state index contributed by atoms with van der Waals surface area (Å²) < 4.78 is 35.8. The number of carboxylic acids is 1. The highest BCUT2D eigenvalue weighted by Gasteiger charge is 2.33. The Kier molecular flexibility index (Phi) is 8.19. The third-order valence-corrected chi connectivity index (χ3v) is 9.92. The van der Waals surface area contributed by atoms with E-state index in [2.05, 4.69) is 18.7 Å². The molecule has 0 unspecified atom stereocenters. The summed E-state index contributed by atoms with van der Waals surface area (Å²) in [5.41, 5.74) is 5.79. The molecule has 4 rings (SSSR count). The molecule has 1 aromatic carbocycles. The molecule has 204 valence electrons. The first-order chi connectivity index (χ1) is 17.4. The van der Waals surface area contributed by atoms with Gasteiger partial charge in [0.1, 0.15) is 12.8 Å². The van der Waals surface area contributed by atoms with Crippen LogP contribution in [0.4, 0.5) is 0 Å². The number of benzene rings is 1. The second kappa shape index (κ2) is 10.9. The average molecular weight is 532 g/mol. The third-order valence-electron chi connectivity index (χ3n) is 8.00. The maximum Gasteiger partial charge on any atom is 0.323 e. The molecule has 37 heavy (non-hydrogen) atoms. The van der Waals surface area contributed by atoms with Crippen molar-refractivity contribution in [2.75, 3.05) is 32.8 Å². The van der Waals surface area contributed by atoms with E-state index in [1.165, 1.54) is 11.1 Å². The molecule has 0 amide bonds. The predicted molar refractivity (Wildman–Crippen MR) is 143 cm³/mol. The lowest BCUT2D eigenvalue weighted by atomic mass is 9.75. The van der Waals surface area contributed by atoms with Gasteiger partial charge in [-0.2, -0.15) is 4.31 Å². The van der Waals surface area contributed by atoms with Crippen LogP contribution in [0.2, 0.25) is 0 Å². The van der Waals surface area contributed by atoms with Crippen molar-refractivity contribution >= 4 is 16.0 Å². The molecule has 1 aliphatic heterocycles. The minimum atomic E-state index is -3.56. The van der Waals surface area contributed by atoms with Crippen LogP contribution < -0.4 is 0 Å². The summed E-state index contributed by atoms with van der Waals surface area (Å²) in [5.74, 6) is -0.833. The molecule has 2 aliphatic rings. The van der Waals surface area contributed by atoms with Gasteiger partial charge in [-0.1, -0.05) is 26.0 Å². The number of aliphatic carboxylic acids is 1. The van der Waals surface area contributed by atoms with Gasteiger partial charge in [0.05, 0.1) is 4.90 Å². The smallest absolute Gasteiger partial charge is 0.323 e. The zero-order chi connectivity index (χ0) is 27.0. The van der Waals surface area contributed by atoms with Gasteiger partial charge in [0.2, 0.25) is 10.0 Å². The van der Waals surface area contributed by atoms with E-state index in [1.54, 1.807) is 16.4 Å². The van der Waals surface area contributed by atoms with Crippen molar-refractivity contribution in [1.82, 2.24) is 13.8 Å². The van der Waals surface area contributed by atoms with Crippen molar-refractivity contribution in [2.45, 2.75) is 78.0 Å². The van der Waals surface area contributed by atoms with Crippen LogP contribution in [0.1, 0.15) is 62.2 Å². The fraction of sp³-hybridized carbons (Fsp3) is 0.607. The van der Waals surface area contributed by atoms with Gasteiger partial charge in [0.25, 0.3) is 0 Å². The fourth-order valence-corrected chi connectivity index (χ4v) is 7.23. The van der Waals surface area contributed by atoms with Crippen LogP contribution >= 0.6 is 0 Å². The summed E-state index contributed by atoms with van der Waals surface area (Å²) in [5, 5.41) is 9.48. The maximum absolute atomic E-state index is 13.3. The number of hydrogen-bond donors (Lipinski definition) is 1. The van der Waals surface area contributed by atoms with Crippen molar-refractivity contribution < 1.29 is 23.1 Å². The molecule has 0 bridgehead atoms. The zero-order valence-electron chi connectivity index (χ0n) is 22.8. The lowest BCUT2D eigenvalue weighted by Gasteiger charge is -2.37. The van der Waals surface area contributed by atoms with Crippen molar-refractivity contribution in [3.8, 4) is 0 Å². The maximum atomic E-state index is 13.3. The Morgan fingerprint density at radius 2 is 1.78 bits per heavy atom. The highest BCUT2D eigenvalue weighted by Crippen LogP contribution is 2.39. The summed E-state index contributed by atoms with van der Waals surface area (Å²) in [6.07, 6.45) is 3.48. The summed E-state index contributed by atoms with van der Waals surface area (Å²) in [4.78, 5) is 14.0. The minimum absolute atomic E-state index is 0.0146. The highest BCUT2D eigenvalue weighted by molar-refractivity contribution is 7.89. The van der Waals surface area contributed by atoms with Gasteiger partial charge in [-0.15, -0.1) is 0 Å². The molecule has 1 atom stereocenters. The molecule has 0 saturated carbocycles. The number of rotatable bonds is 9. The van der Waals surface area contributed by atoms with Crippen molar-refractivity contribution in [3.63, 3.8) is 0 Å². The van der Waals surface area contributed by atoms with Crippen LogP contribution in [-0.2, 0) is 45.4 Å². The van der Waals surface area contributed by atoms with Gasteiger partial charge < -0.3 is 14.4 Å². The Morgan fingerprint density at radius 3 is 2.38 bits per heavy atom. The topological polar surface area (TPSA) is 92.1 Å². The minimum Gasteiger partial charge on any atom is -0.480 e.